The largest absolute Gasteiger partial charge is 0.394 e. The zero-order valence-corrected chi connectivity index (χ0v) is 12.6. The fourth-order valence-corrected chi connectivity index (χ4v) is 2.29. The summed E-state index contributed by atoms with van der Waals surface area (Å²) in [5.74, 6) is 1.75. The van der Waals surface area contributed by atoms with Gasteiger partial charge in [0.05, 0.1) is 18.2 Å². The molecule has 0 aliphatic heterocycles. The van der Waals surface area contributed by atoms with Gasteiger partial charge in [0.1, 0.15) is 11.3 Å². The minimum atomic E-state index is -0.0563. The van der Waals surface area contributed by atoms with Gasteiger partial charge in [-0.1, -0.05) is 13.8 Å². The molecular weight excluding hydrogens is 278 g/mol. The Morgan fingerprint density at radius 1 is 1.18 bits per heavy atom. The molecule has 6 nitrogen and oxygen atoms in total. The molecule has 0 saturated heterocycles. The van der Waals surface area contributed by atoms with Crippen molar-refractivity contribution in [2.24, 2.45) is 5.92 Å². The molecule has 0 unspecified atom stereocenters. The zero-order chi connectivity index (χ0) is 15.5. The van der Waals surface area contributed by atoms with Crippen LogP contribution in [0.5, 0.6) is 0 Å². The quantitative estimate of drug-likeness (QED) is 0.673. The van der Waals surface area contributed by atoms with Crippen LogP contribution in [0.2, 0.25) is 0 Å². The van der Waals surface area contributed by atoms with Crippen LogP contribution < -0.4 is 5.32 Å². The third kappa shape index (κ3) is 2.78. The Bertz CT molecular complexity index is 754. The van der Waals surface area contributed by atoms with Crippen molar-refractivity contribution in [2.45, 2.75) is 19.9 Å². The monoisotopic (exact) mass is 297 g/mol. The van der Waals surface area contributed by atoms with E-state index in [9.17, 15) is 5.11 Å². The maximum absolute atomic E-state index is 9.49. The average Bonchev–Trinajstić information content (AvgIpc) is 2.98. The molecule has 0 saturated carbocycles. The summed E-state index contributed by atoms with van der Waals surface area (Å²) in [6.45, 7) is 4.17. The Labute approximate surface area is 128 Å². The minimum absolute atomic E-state index is 0.0529. The number of hydrogen-bond donors (Lipinski definition) is 3. The van der Waals surface area contributed by atoms with E-state index in [0.717, 1.165) is 22.4 Å². The Morgan fingerprint density at radius 2 is 1.95 bits per heavy atom. The van der Waals surface area contributed by atoms with Gasteiger partial charge in [-0.2, -0.15) is 0 Å². The number of H-pyrrole nitrogens is 1. The first-order chi connectivity index (χ1) is 10.7. The van der Waals surface area contributed by atoms with E-state index in [1.807, 2.05) is 18.2 Å². The lowest BCUT2D eigenvalue weighted by Crippen LogP contribution is -2.29. The number of aliphatic hydroxyl groups excluding tert-OH is 1. The molecule has 0 aromatic carbocycles. The van der Waals surface area contributed by atoms with Crippen LogP contribution in [0.4, 0.5) is 5.82 Å². The highest BCUT2D eigenvalue weighted by Crippen LogP contribution is 2.24. The molecule has 22 heavy (non-hydrogen) atoms. The first-order valence-electron chi connectivity index (χ1n) is 7.31. The number of aromatic nitrogens is 4. The van der Waals surface area contributed by atoms with Gasteiger partial charge >= 0.3 is 0 Å². The maximum Gasteiger partial charge on any atom is 0.154 e. The van der Waals surface area contributed by atoms with Crippen molar-refractivity contribution < 1.29 is 5.11 Å². The number of imidazole rings is 1. The van der Waals surface area contributed by atoms with Crippen LogP contribution in [0.3, 0.4) is 0 Å². The highest BCUT2D eigenvalue weighted by Gasteiger charge is 2.16. The van der Waals surface area contributed by atoms with Gasteiger partial charge in [-0.15, -0.1) is 0 Å². The molecular formula is C16H19N5O. The lowest BCUT2D eigenvalue weighted by molar-refractivity contribution is 0.249. The number of hydrogen-bond acceptors (Lipinski definition) is 5. The summed E-state index contributed by atoms with van der Waals surface area (Å²) in [6, 6.07) is 5.65. The lowest BCUT2D eigenvalue weighted by atomic mass is 10.1. The number of fused-ring (bicyclic) bond motifs is 1. The number of nitrogens with one attached hydrogen (secondary N) is 2. The second-order valence-corrected chi connectivity index (χ2v) is 5.55. The molecule has 0 amide bonds. The molecule has 6 heteroatoms. The van der Waals surface area contributed by atoms with Gasteiger partial charge in [0.2, 0.25) is 0 Å². The van der Waals surface area contributed by atoms with Gasteiger partial charge in [-0.05, 0) is 24.1 Å². The fourth-order valence-electron chi connectivity index (χ4n) is 2.29. The van der Waals surface area contributed by atoms with Crippen LogP contribution in [0.25, 0.3) is 22.4 Å². The second-order valence-electron chi connectivity index (χ2n) is 5.55. The van der Waals surface area contributed by atoms with E-state index in [2.05, 4.69) is 39.1 Å². The van der Waals surface area contributed by atoms with Gasteiger partial charge in [-0.3, -0.25) is 4.98 Å². The molecule has 0 spiro atoms. The van der Waals surface area contributed by atoms with Gasteiger partial charge < -0.3 is 15.4 Å². The zero-order valence-electron chi connectivity index (χ0n) is 12.6. The molecule has 3 heterocycles. The van der Waals surface area contributed by atoms with Crippen molar-refractivity contribution in [1.82, 2.24) is 19.9 Å². The highest BCUT2D eigenvalue weighted by molar-refractivity contribution is 5.88. The van der Waals surface area contributed by atoms with Crippen molar-refractivity contribution in [3.63, 3.8) is 0 Å². The normalized spacial score (nSPS) is 12.7. The third-order valence-electron chi connectivity index (χ3n) is 3.68. The van der Waals surface area contributed by atoms with Gasteiger partial charge in [0, 0.05) is 24.2 Å². The number of nitrogens with zero attached hydrogens (tertiary/aromatic N) is 3. The summed E-state index contributed by atoms with van der Waals surface area (Å²) in [7, 11) is 0. The van der Waals surface area contributed by atoms with E-state index in [-0.39, 0.29) is 12.6 Å². The van der Waals surface area contributed by atoms with Crippen molar-refractivity contribution >= 4 is 16.9 Å². The number of aliphatic hydroxyl groups is 1. The first-order valence-corrected chi connectivity index (χ1v) is 7.31. The van der Waals surface area contributed by atoms with E-state index in [1.165, 1.54) is 0 Å². The van der Waals surface area contributed by atoms with Gasteiger partial charge in [0.15, 0.2) is 5.82 Å². The van der Waals surface area contributed by atoms with Crippen molar-refractivity contribution in [1.29, 1.82) is 0 Å². The summed E-state index contributed by atoms with van der Waals surface area (Å²) in [6.07, 6.45) is 5.20. The van der Waals surface area contributed by atoms with Crippen LogP contribution >= 0.6 is 0 Å². The van der Waals surface area contributed by atoms with Crippen LogP contribution in [-0.2, 0) is 0 Å². The fraction of sp³-hybridized carbons (Fsp3) is 0.312. The summed E-state index contributed by atoms with van der Waals surface area (Å²) in [4.78, 5) is 16.3. The second kappa shape index (κ2) is 6.11. The molecule has 3 aromatic rings. The number of anilines is 1. The topological polar surface area (TPSA) is 86.7 Å². The molecule has 114 valence electrons. The smallest absolute Gasteiger partial charge is 0.154 e. The molecule has 0 radical (unpaired) electrons. The SMILES string of the molecule is CC(C)[C@H](CO)Nc1nccc2[nH]c(-c3ccncc3)nc12. The van der Waals surface area contributed by atoms with E-state index < -0.39 is 0 Å². The van der Waals surface area contributed by atoms with Crippen LogP contribution in [0.1, 0.15) is 13.8 Å². The maximum atomic E-state index is 9.49. The molecule has 1 atom stereocenters. The number of pyridine rings is 2. The van der Waals surface area contributed by atoms with Crippen LogP contribution in [0.15, 0.2) is 36.8 Å². The Hall–Kier alpha value is -2.47. The molecule has 3 N–H and O–H groups in total. The predicted octanol–water partition coefficient (Wildman–Crippen LogP) is 2.45. The van der Waals surface area contributed by atoms with E-state index >= 15 is 0 Å². The minimum Gasteiger partial charge on any atom is -0.394 e. The van der Waals surface area contributed by atoms with Crippen LogP contribution in [0, 0.1) is 5.92 Å². The molecule has 0 aliphatic carbocycles. The van der Waals surface area contributed by atoms with Crippen molar-refractivity contribution in [3.8, 4) is 11.4 Å². The number of rotatable bonds is 5. The molecule has 0 fully saturated rings. The Balaban J connectivity index is 2.00. The Kier molecular flexibility index (Phi) is 4.02. The van der Waals surface area contributed by atoms with E-state index in [0.29, 0.717) is 11.7 Å². The predicted molar refractivity (Wildman–Crippen MR) is 86.5 cm³/mol. The van der Waals surface area contributed by atoms with E-state index in [1.54, 1.807) is 18.6 Å². The molecule has 0 aliphatic rings. The molecule has 0 bridgehead atoms. The van der Waals surface area contributed by atoms with Crippen molar-refractivity contribution in [3.05, 3.63) is 36.8 Å². The third-order valence-corrected chi connectivity index (χ3v) is 3.68. The van der Waals surface area contributed by atoms with Crippen LogP contribution in [-0.4, -0.2) is 37.7 Å². The van der Waals surface area contributed by atoms with Gasteiger partial charge in [0.25, 0.3) is 0 Å². The Morgan fingerprint density at radius 3 is 2.64 bits per heavy atom. The molecule has 3 rings (SSSR count). The summed E-state index contributed by atoms with van der Waals surface area (Å²) in [5, 5.41) is 12.8. The summed E-state index contributed by atoms with van der Waals surface area (Å²) in [5.41, 5.74) is 2.65. The summed E-state index contributed by atoms with van der Waals surface area (Å²) >= 11 is 0. The van der Waals surface area contributed by atoms with Gasteiger partial charge in [-0.25, -0.2) is 9.97 Å². The number of aromatic amines is 1. The standard InChI is InChI=1S/C16H19N5O/c1-10(2)13(9-22)20-16-14-12(5-8-18-16)19-15(21-14)11-3-6-17-7-4-11/h3-8,10,13,22H,9H2,1-2H3,(H,18,20)(H,19,21)/t13-/m0/s1. The molecule has 3 aromatic heterocycles. The van der Waals surface area contributed by atoms with E-state index in [4.69, 9.17) is 0 Å². The highest BCUT2D eigenvalue weighted by atomic mass is 16.3. The first kappa shape index (κ1) is 14.5. The van der Waals surface area contributed by atoms with Crippen molar-refractivity contribution in [2.75, 3.05) is 11.9 Å². The summed E-state index contributed by atoms with van der Waals surface area (Å²) < 4.78 is 0. The average molecular weight is 297 g/mol. The lowest BCUT2D eigenvalue weighted by Gasteiger charge is -2.20.